The third-order valence-electron chi connectivity index (χ3n) is 10.5. The fraction of sp³-hybridized carbons (Fsp3) is 0.812. The Balaban J connectivity index is 2.17. The van der Waals surface area contributed by atoms with Gasteiger partial charge in [-0.3, -0.25) is 9.36 Å². The molecule has 2 aromatic heterocycles. The van der Waals surface area contributed by atoms with Crippen LogP contribution in [-0.4, -0.2) is 82.0 Å². The molecule has 1 saturated heterocycles. The van der Waals surface area contributed by atoms with Crippen LogP contribution in [0.25, 0.3) is 11.2 Å². The summed E-state index contributed by atoms with van der Waals surface area (Å²) in [4.78, 5) is 26.0. The lowest BCUT2D eigenvalue weighted by Gasteiger charge is -2.44. The number of carbonyl (C=O) groups excluding carboxylic acids is 1. The second-order valence-electron chi connectivity index (χ2n) is 16.9. The maximum atomic E-state index is 12.4. The van der Waals surface area contributed by atoms with E-state index in [1.807, 2.05) is 4.57 Å². The van der Waals surface area contributed by atoms with Crippen LogP contribution in [0.5, 0.6) is 0 Å². The fourth-order valence-corrected chi connectivity index (χ4v) is 8.06. The molecule has 256 valence electrons. The van der Waals surface area contributed by atoms with E-state index >= 15 is 0 Å². The van der Waals surface area contributed by atoms with Crippen LogP contribution in [0.4, 0.5) is 0 Å². The molecule has 0 bridgehead atoms. The van der Waals surface area contributed by atoms with Crippen molar-refractivity contribution in [2.45, 2.75) is 155 Å². The smallest absolute Gasteiger partial charge is 0.311 e. The molecule has 3 heterocycles. The largest absolute Gasteiger partial charge is 0.466 e. The van der Waals surface area contributed by atoms with Gasteiger partial charge in [-0.05, 0) is 61.3 Å². The van der Waals surface area contributed by atoms with Crippen molar-refractivity contribution >= 4 is 42.1 Å². The lowest BCUT2D eigenvalue weighted by atomic mass is 10.1. The van der Waals surface area contributed by atoms with E-state index in [2.05, 4.69) is 117 Å². The fourth-order valence-electron chi connectivity index (χ4n) is 4.44. The lowest BCUT2D eigenvalue weighted by molar-refractivity contribution is -0.142. The highest BCUT2D eigenvalue weighted by Crippen LogP contribution is 2.47. The summed E-state index contributed by atoms with van der Waals surface area (Å²) in [6.07, 6.45) is 1.46. The first kappa shape index (κ1) is 38.0. The van der Waals surface area contributed by atoms with Crippen LogP contribution in [0.15, 0.2) is 12.7 Å². The van der Waals surface area contributed by atoms with E-state index in [-0.39, 0.29) is 39.7 Å². The quantitative estimate of drug-likeness (QED) is 0.175. The normalized spacial score (nSPS) is 22.3. The predicted molar refractivity (Wildman–Crippen MR) is 187 cm³/mol. The van der Waals surface area contributed by atoms with E-state index in [1.165, 1.54) is 6.33 Å². The van der Waals surface area contributed by atoms with Crippen LogP contribution >= 0.6 is 0 Å². The zero-order valence-corrected chi connectivity index (χ0v) is 33.8. The third-order valence-corrected chi connectivity index (χ3v) is 23.9. The molecule has 10 nitrogen and oxygen atoms in total. The summed E-state index contributed by atoms with van der Waals surface area (Å²) in [6.45, 7) is 36.3. The number of nitrogens with zero attached hydrogens (tertiary/aromatic N) is 4. The zero-order chi connectivity index (χ0) is 34.4. The van der Waals surface area contributed by atoms with Gasteiger partial charge in [-0.25, -0.2) is 15.0 Å². The maximum absolute atomic E-state index is 12.4. The van der Waals surface area contributed by atoms with Crippen molar-refractivity contribution < 1.29 is 27.5 Å². The van der Waals surface area contributed by atoms with Gasteiger partial charge < -0.3 is 22.8 Å². The number of aromatic nitrogens is 4. The molecule has 0 amide bonds. The summed E-state index contributed by atoms with van der Waals surface area (Å²) in [7, 11) is -6.70. The summed E-state index contributed by atoms with van der Waals surface area (Å²) < 4.78 is 35.4. The second kappa shape index (κ2) is 13.2. The molecule has 1 aliphatic heterocycles. The number of carbonyl (C=O) groups is 1. The molecule has 4 atom stereocenters. The van der Waals surface area contributed by atoms with Crippen molar-refractivity contribution in [2.75, 3.05) is 13.2 Å². The van der Waals surface area contributed by atoms with Crippen LogP contribution in [0.1, 0.15) is 81.2 Å². The Hall–Kier alpha value is -1.49. The highest BCUT2D eigenvalue weighted by atomic mass is 28.4. The summed E-state index contributed by atoms with van der Waals surface area (Å²) >= 11 is 0. The molecule has 0 aromatic carbocycles. The zero-order valence-electron chi connectivity index (χ0n) is 30.8. The number of ether oxygens (including phenoxy) is 2. The average molecular weight is 681 g/mol. The minimum absolute atomic E-state index is 0.0133. The first-order valence-electron chi connectivity index (χ1n) is 16.3. The third kappa shape index (κ3) is 8.33. The summed E-state index contributed by atoms with van der Waals surface area (Å²) in [5, 5.41) is -0.0141. The van der Waals surface area contributed by atoms with Crippen LogP contribution in [0, 0.1) is 0 Å². The molecule has 1 fully saturated rings. The van der Waals surface area contributed by atoms with Crippen LogP contribution in [0.2, 0.25) is 54.4 Å². The van der Waals surface area contributed by atoms with Crippen LogP contribution in [0.3, 0.4) is 0 Å². The molecule has 45 heavy (non-hydrogen) atoms. The van der Waals surface area contributed by atoms with Gasteiger partial charge in [-0.1, -0.05) is 62.3 Å². The average Bonchev–Trinajstić information content (AvgIpc) is 3.42. The Labute approximate surface area is 274 Å². The van der Waals surface area contributed by atoms with Crippen molar-refractivity contribution in [3.8, 4) is 0 Å². The molecule has 2 aromatic rings. The van der Waals surface area contributed by atoms with Gasteiger partial charge in [0, 0.05) is 0 Å². The highest BCUT2D eigenvalue weighted by Gasteiger charge is 2.55. The van der Waals surface area contributed by atoms with Crippen molar-refractivity contribution in [1.29, 1.82) is 0 Å². The molecule has 13 heteroatoms. The van der Waals surface area contributed by atoms with Crippen molar-refractivity contribution in [3.63, 3.8) is 0 Å². The van der Waals surface area contributed by atoms with E-state index < -0.39 is 37.3 Å². The van der Waals surface area contributed by atoms with E-state index in [1.54, 1.807) is 13.3 Å². The molecule has 0 N–H and O–H groups in total. The van der Waals surface area contributed by atoms with Crippen molar-refractivity contribution in [1.82, 2.24) is 19.5 Å². The molecule has 0 unspecified atom stereocenters. The summed E-state index contributed by atoms with van der Waals surface area (Å²) in [6, 6.07) is 0. The Kier molecular flexibility index (Phi) is 11.1. The van der Waals surface area contributed by atoms with Gasteiger partial charge in [0.15, 0.2) is 36.8 Å². The van der Waals surface area contributed by atoms with Gasteiger partial charge >= 0.3 is 5.97 Å². The molecule has 0 spiro atoms. The summed E-state index contributed by atoms with van der Waals surface area (Å²) in [5.41, 5.74) is 1.64. The maximum Gasteiger partial charge on any atom is 0.311 e. The molecule has 0 aliphatic carbocycles. The van der Waals surface area contributed by atoms with Gasteiger partial charge in [0.05, 0.1) is 31.7 Å². The predicted octanol–water partition coefficient (Wildman–Crippen LogP) is 7.63. The second-order valence-corrected chi connectivity index (χ2v) is 31.3. The highest BCUT2D eigenvalue weighted by molar-refractivity contribution is 6.75. The van der Waals surface area contributed by atoms with Gasteiger partial charge in [-0.2, -0.15) is 0 Å². The Morgan fingerprint density at radius 2 is 1.36 bits per heavy atom. The number of hydrogen-bond donors (Lipinski definition) is 0. The SMILES string of the molecule is CCOC(=O)Cc1ncnc2c1ncn2[C@@H]1O[C@H](CO[Si](C)(C)C(C)(C)C)[C@@H](O[Si](C)(C)C(C)(C)C)[C@H]1O[Si](C)(C)C(C)(C)C. The number of hydrogen-bond acceptors (Lipinski definition) is 9. The standard InChI is InChI=1S/C32H60N4O6Si3/c1-17-38-24(37)18-22-25-28(34-20-33-22)36(21-35-25)29-27(42-45(15,16)32(8,9)10)26(41-44(13,14)31(5,6)7)23(40-29)19-39-43(11,12)30(2,3)4/h20-21,23,26-27,29H,17-19H2,1-16H3/t23-,26-,27-,29-/m1/s1. The molecule has 0 radical (unpaired) electrons. The number of rotatable bonds is 11. The lowest BCUT2D eigenvalue weighted by Crippen LogP contribution is -2.54. The first-order chi connectivity index (χ1) is 20.3. The Morgan fingerprint density at radius 1 is 0.822 bits per heavy atom. The molecular weight excluding hydrogens is 621 g/mol. The van der Waals surface area contributed by atoms with Crippen molar-refractivity contribution in [2.24, 2.45) is 0 Å². The van der Waals surface area contributed by atoms with Crippen LogP contribution in [-0.2, 0) is 34.0 Å². The van der Waals surface area contributed by atoms with Crippen LogP contribution < -0.4 is 0 Å². The Morgan fingerprint density at radius 3 is 1.87 bits per heavy atom. The van der Waals surface area contributed by atoms with E-state index in [0.29, 0.717) is 30.1 Å². The van der Waals surface area contributed by atoms with Gasteiger partial charge in [0.2, 0.25) is 0 Å². The van der Waals surface area contributed by atoms with E-state index in [0.717, 1.165) is 0 Å². The van der Waals surface area contributed by atoms with E-state index in [9.17, 15) is 4.79 Å². The number of fused-ring (bicyclic) bond motifs is 1. The number of esters is 1. The summed E-state index contributed by atoms with van der Waals surface area (Å²) in [5.74, 6) is -0.353. The first-order valence-corrected chi connectivity index (χ1v) is 25.0. The monoisotopic (exact) mass is 680 g/mol. The number of imidazole rings is 1. The Bertz CT molecular complexity index is 1330. The molecule has 0 saturated carbocycles. The molecular formula is C32H60N4O6Si3. The van der Waals surface area contributed by atoms with Gasteiger partial charge in [-0.15, -0.1) is 0 Å². The van der Waals surface area contributed by atoms with Gasteiger partial charge in [0.25, 0.3) is 0 Å². The van der Waals surface area contributed by atoms with Crippen molar-refractivity contribution in [3.05, 3.63) is 18.3 Å². The minimum atomic E-state index is -2.32. The van der Waals surface area contributed by atoms with Gasteiger partial charge in [0.1, 0.15) is 30.2 Å². The van der Waals surface area contributed by atoms with E-state index in [4.69, 9.17) is 22.8 Å². The minimum Gasteiger partial charge on any atom is -0.466 e. The topological polar surface area (TPSA) is 107 Å². The molecule has 1 aliphatic rings. The molecule has 3 rings (SSSR count).